The zero-order valence-corrected chi connectivity index (χ0v) is 15.9. The van der Waals surface area contributed by atoms with Gasteiger partial charge in [-0.15, -0.1) is 0 Å². The van der Waals surface area contributed by atoms with E-state index in [2.05, 4.69) is 10.6 Å². The van der Waals surface area contributed by atoms with E-state index in [0.717, 1.165) is 0 Å². The number of hydrogen-bond donors (Lipinski definition) is 2. The zero-order valence-electron chi connectivity index (χ0n) is 15.9. The van der Waals surface area contributed by atoms with Crippen molar-refractivity contribution in [3.63, 3.8) is 0 Å². The van der Waals surface area contributed by atoms with E-state index in [1.54, 1.807) is 30.3 Å². The van der Waals surface area contributed by atoms with Crippen LogP contribution in [0.1, 0.15) is 41.0 Å². The monoisotopic (exact) mass is 393 g/mol. The molecule has 0 aliphatic carbocycles. The molecule has 0 radical (unpaired) electrons. The summed E-state index contributed by atoms with van der Waals surface area (Å²) in [6.07, 6.45) is -1.32. The van der Waals surface area contributed by atoms with Crippen LogP contribution in [0.25, 0.3) is 0 Å². The van der Waals surface area contributed by atoms with E-state index in [4.69, 9.17) is 10.00 Å². The van der Waals surface area contributed by atoms with Gasteiger partial charge in [0.15, 0.2) is 11.9 Å². The molecule has 0 heterocycles. The number of nitrogens with zero attached hydrogens (tertiary/aromatic N) is 1. The number of ether oxygens (including phenoxy) is 1. The Morgan fingerprint density at radius 1 is 0.931 bits per heavy atom. The number of nitrogens with one attached hydrogen (secondary N) is 2. The summed E-state index contributed by atoms with van der Waals surface area (Å²) in [6.45, 7) is 2.88. The maximum Gasteiger partial charge on any atom is 0.338 e. The van der Waals surface area contributed by atoms with E-state index in [9.17, 15) is 19.2 Å². The van der Waals surface area contributed by atoms with Crippen LogP contribution in [0.3, 0.4) is 0 Å². The molecule has 0 spiro atoms. The number of rotatable bonds is 7. The van der Waals surface area contributed by atoms with Gasteiger partial charge in [-0.05, 0) is 62.4 Å². The number of ketones is 1. The summed E-state index contributed by atoms with van der Waals surface area (Å²) in [4.78, 5) is 47.0. The fourth-order valence-corrected chi connectivity index (χ4v) is 2.28. The molecule has 0 aliphatic rings. The predicted octanol–water partition coefficient (Wildman–Crippen LogP) is 2.93. The van der Waals surface area contributed by atoms with Crippen molar-refractivity contribution in [2.45, 2.75) is 26.4 Å². The lowest BCUT2D eigenvalue weighted by Gasteiger charge is -2.14. The van der Waals surface area contributed by atoms with Crippen LogP contribution in [0, 0.1) is 11.3 Å². The van der Waals surface area contributed by atoms with Crippen molar-refractivity contribution in [3.05, 3.63) is 59.7 Å². The third-order valence-corrected chi connectivity index (χ3v) is 3.86. The Kier molecular flexibility index (Phi) is 7.20. The maximum atomic E-state index is 12.2. The molecule has 2 rings (SSSR count). The van der Waals surface area contributed by atoms with Gasteiger partial charge in [0.05, 0.1) is 11.6 Å². The number of carbonyl (C=O) groups is 4. The molecule has 8 heteroatoms. The summed E-state index contributed by atoms with van der Waals surface area (Å²) >= 11 is 0. The topological polar surface area (TPSA) is 125 Å². The molecule has 0 unspecified atom stereocenters. The lowest BCUT2D eigenvalue weighted by atomic mass is 10.1. The van der Waals surface area contributed by atoms with Crippen molar-refractivity contribution < 1.29 is 23.9 Å². The third-order valence-electron chi connectivity index (χ3n) is 3.86. The molecule has 2 N–H and O–H groups in total. The van der Waals surface area contributed by atoms with Gasteiger partial charge in [-0.25, -0.2) is 4.79 Å². The van der Waals surface area contributed by atoms with Gasteiger partial charge in [-0.2, -0.15) is 5.26 Å². The van der Waals surface area contributed by atoms with Gasteiger partial charge in [0, 0.05) is 16.9 Å². The molecule has 148 valence electrons. The summed E-state index contributed by atoms with van der Waals surface area (Å²) in [5, 5.41) is 13.6. The Balaban J connectivity index is 1.92. The first-order chi connectivity index (χ1) is 13.8. The Morgan fingerprint density at radius 3 is 1.97 bits per heavy atom. The van der Waals surface area contributed by atoms with E-state index in [1.165, 1.54) is 38.1 Å². The minimum absolute atomic E-state index is 0.0826. The Labute approximate surface area is 167 Å². The van der Waals surface area contributed by atoms with Crippen LogP contribution < -0.4 is 10.6 Å². The second kappa shape index (κ2) is 9.80. The van der Waals surface area contributed by atoms with Crippen LogP contribution in [0.2, 0.25) is 0 Å². The van der Waals surface area contributed by atoms with E-state index >= 15 is 0 Å². The molecule has 0 aliphatic heterocycles. The molecule has 0 saturated heterocycles. The highest BCUT2D eigenvalue weighted by molar-refractivity contribution is 5.99. The van der Waals surface area contributed by atoms with Crippen molar-refractivity contribution in [2.24, 2.45) is 0 Å². The van der Waals surface area contributed by atoms with E-state index in [1.807, 2.05) is 0 Å². The van der Waals surface area contributed by atoms with Crippen LogP contribution in [0.4, 0.5) is 11.4 Å². The molecule has 2 amide bonds. The van der Waals surface area contributed by atoms with Gasteiger partial charge in [0.2, 0.25) is 5.91 Å². The molecule has 8 nitrogen and oxygen atoms in total. The highest BCUT2D eigenvalue weighted by atomic mass is 16.5. The lowest BCUT2D eigenvalue weighted by molar-refractivity contribution is -0.123. The average Bonchev–Trinajstić information content (AvgIpc) is 2.69. The van der Waals surface area contributed by atoms with Gasteiger partial charge in [0.1, 0.15) is 6.42 Å². The van der Waals surface area contributed by atoms with Crippen molar-refractivity contribution >= 4 is 34.9 Å². The highest BCUT2D eigenvalue weighted by Gasteiger charge is 2.19. The van der Waals surface area contributed by atoms with Crippen molar-refractivity contribution in [1.29, 1.82) is 5.26 Å². The second-order valence-electron chi connectivity index (χ2n) is 6.13. The maximum absolute atomic E-state index is 12.2. The molecule has 1 atom stereocenters. The largest absolute Gasteiger partial charge is 0.449 e. The van der Waals surface area contributed by atoms with Gasteiger partial charge < -0.3 is 15.4 Å². The number of benzene rings is 2. The van der Waals surface area contributed by atoms with Gasteiger partial charge in [0.25, 0.3) is 5.91 Å². The first-order valence-electron chi connectivity index (χ1n) is 8.70. The molecule has 0 fully saturated rings. The van der Waals surface area contributed by atoms with Crippen LogP contribution in [0.5, 0.6) is 0 Å². The number of carbonyl (C=O) groups excluding carboxylic acids is 4. The number of Topliss-reactive ketones (excluding diaryl/α,β-unsaturated/α-hetero) is 1. The van der Waals surface area contributed by atoms with Crippen LogP contribution >= 0.6 is 0 Å². The lowest BCUT2D eigenvalue weighted by Crippen LogP contribution is -2.30. The van der Waals surface area contributed by atoms with Crippen LogP contribution in [0.15, 0.2) is 48.5 Å². The minimum Gasteiger partial charge on any atom is -0.449 e. The Hall–Kier alpha value is -3.99. The summed E-state index contributed by atoms with van der Waals surface area (Å²) < 4.78 is 5.16. The molecule has 29 heavy (non-hydrogen) atoms. The summed E-state index contributed by atoms with van der Waals surface area (Å²) in [5.74, 6) is -1.76. The normalized spacial score (nSPS) is 10.9. The highest BCUT2D eigenvalue weighted by Crippen LogP contribution is 2.14. The van der Waals surface area contributed by atoms with Gasteiger partial charge in [-0.3, -0.25) is 14.4 Å². The smallest absolute Gasteiger partial charge is 0.338 e. The quantitative estimate of drug-likeness (QED) is 0.550. The van der Waals surface area contributed by atoms with Gasteiger partial charge >= 0.3 is 5.97 Å². The minimum atomic E-state index is -1.05. The average molecular weight is 393 g/mol. The van der Waals surface area contributed by atoms with E-state index < -0.39 is 23.9 Å². The van der Waals surface area contributed by atoms with Crippen molar-refractivity contribution in [2.75, 3.05) is 10.6 Å². The molecule has 0 bridgehead atoms. The summed E-state index contributed by atoms with van der Waals surface area (Å²) in [7, 11) is 0. The SMILES string of the molecule is CC(=O)c1ccc(NC(=O)[C@@H](C)OC(=O)c2ccc(NC(=O)CC#N)cc2)cc1. The fraction of sp³-hybridized carbons (Fsp3) is 0.190. The van der Waals surface area contributed by atoms with Crippen molar-refractivity contribution in [1.82, 2.24) is 0 Å². The van der Waals surface area contributed by atoms with Gasteiger partial charge in [-0.1, -0.05) is 0 Å². The summed E-state index contributed by atoms with van der Waals surface area (Å²) in [6, 6.07) is 14.0. The standard InChI is InChI=1S/C21H19N3O5/c1-13(25)15-3-7-18(8-4-15)24-20(27)14(2)29-21(28)16-5-9-17(10-6-16)23-19(26)11-12-22/h3-10,14H,11H2,1-2H3,(H,23,26)(H,24,27)/t14-/m1/s1. The zero-order chi connectivity index (χ0) is 21.4. The third kappa shape index (κ3) is 6.29. The Bertz CT molecular complexity index is 959. The van der Waals surface area contributed by atoms with E-state index in [-0.39, 0.29) is 17.8 Å². The molecule has 2 aromatic carbocycles. The predicted molar refractivity (Wildman–Crippen MR) is 105 cm³/mol. The summed E-state index contributed by atoms with van der Waals surface area (Å²) in [5.41, 5.74) is 1.63. The molecule has 0 saturated carbocycles. The number of hydrogen-bond acceptors (Lipinski definition) is 6. The van der Waals surface area contributed by atoms with Crippen molar-refractivity contribution in [3.8, 4) is 6.07 Å². The van der Waals surface area contributed by atoms with E-state index in [0.29, 0.717) is 16.9 Å². The molecule has 0 aromatic heterocycles. The first kappa shape index (κ1) is 21.3. The molecule has 2 aromatic rings. The molecular weight excluding hydrogens is 374 g/mol. The molecular formula is C21H19N3O5. The number of esters is 1. The number of nitriles is 1. The number of anilines is 2. The second-order valence-corrected chi connectivity index (χ2v) is 6.13. The fourth-order valence-electron chi connectivity index (χ4n) is 2.28. The van der Waals surface area contributed by atoms with Crippen LogP contribution in [-0.2, 0) is 14.3 Å². The van der Waals surface area contributed by atoms with Crippen LogP contribution in [-0.4, -0.2) is 29.7 Å². The number of amides is 2. The first-order valence-corrected chi connectivity index (χ1v) is 8.70. The Morgan fingerprint density at radius 2 is 1.45 bits per heavy atom.